The molecular weight excluding hydrogens is 298 g/mol. The van der Waals surface area contributed by atoms with Crippen molar-refractivity contribution in [3.8, 4) is 11.5 Å². The Hall–Kier alpha value is -2.83. The SMILES string of the molecule is COc1ccc(C(=O)N2CCC(=O)c3cnn(C)c32)cc1OC. The van der Waals surface area contributed by atoms with Crippen LogP contribution in [0.4, 0.5) is 5.82 Å². The zero-order chi connectivity index (χ0) is 16.6. The molecular formula is C16H17N3O4. The van der Waals surface area contributed by atoms with Gasteiger partial charge in [0.1, 0.15) is 5.82 Å². The number of aryl methyl sites for hydroxylation is 1. The van der Waals surface area contributed by atoms with E-state index in [2.05, 4.69) is 5.10 Å². The number of benzene rings is 1. The first-order valence-electron chi connectivity index (χ1n) is 7.16. The smallest absolute Gasteiger partial charge is 0.259 e. The zero-order valence-corrected chi connectivity index (χ0v) is 13.2. The lowest BCUT2D eigenvalue weighted by atomic mass is 10.0. The number of hydrogen-bond acceptors (Lipinski definition) is 5. The van der Waals surface area contributed by atoms with Crippen molar-refractivity contribution in [3.63, 3.8) is 0 Å². The molecule has 0 saturated carbocycles. The molecule has 1 aliphatic heterocycles. The highest BCUT2D eigenvalue weighted by Gasteiger charge is 2.31. The average molecular weight is 315 g/mol. The van der Waals surface area contributed by atoms with Gasteiger partial charge in [-0.25, -0.2) is 0 Å². The van der Waals surface area contributed by atoms with Gasteiger partial charge in [0.05, 0.1) is 26.0 Å². The largest absolute Gasteiger partial charge is 0.493 e. The van der Waals surface area contributed by atoms with E-state index in [-0.39, 0.29) is 18.1 Å². The van der Waals surface area contributed by atoms with Crippen molar-refractivity contribution in [3.05, 3.63) is 35.5 Å². The molecule has 0 saturated heterocycles. The van der Waals surface area contributed by atoms with E-state index in [0.29, 0.717) is 35.0 Å². The number of amides is 1. The van der Waals surface area contributed by atoms with Crippen molar-refractivity contribution in [2.45, 2.75) is 6.42 Å². The highest BCUT2D eigenvalue weighted by atomic mass is 16.5. The van der Waals surface area contributed by atoms with Gasteiger partial charge in [0.25, 0.3) is 5.91 Å². The predicted molar refractivity (Wildman–Crippen MR) is 83.4 cm³/mol. The molecule has 0 spiro atoms. The second-order valence-electron chi connectivity index (χ2n) is 5.21. The van der Waals surface area contributed by atoms with Crippen molar-refractivity contribution < 1.29 is 19.1 Å². The molecule has 120 valence electrons. The number of carbonyl (C=O) groups excluding carboxylic acids is 2. The Morgan fingerprint density at radius 2 is 1.96 bits per heavy atom. The van der Waals surface area contributed by atoms with Gasteiger partial charge in [-0.05, 0) is 18.2 Å². The number of methoxy groups -OCH3 is 2. The number of ketones is 1. The highest BCUT2D eigenvalue weighted by molar-refractivity contribution is 6.12. The molecule has 0 bridgehead atoms. The van der Waals surface area contributed by atoms with E-state index in [1.54, 1.807) is 34.8 Å². The van der Waals surface area contributed by atoms with Gasteiger partial charge >= 0.3 is 0 Å². The van der Waals surface area contributed by atoms with Crippen molar-refractivity contribution in [2.24, 2.45) is 7.05 Å². The summed E-state index contributed by atoms with van der Waals surface area (Å²) in [6.07, 6.45) is 1.80. The van der Waals surface area contributed by atoms with Crippen LogP contribution in [-0.2, 0) is 7.05 Å². The molecule has 0 N–H and O–H groups in total. The third-order valence-corrected chi connectivity index (χ3v) is 3.90. The second kappa shape index (κ2) is 5.75. The van der Waals surface area contributed by atoms with Gasteiger partial charge in [0, 0.05) is 25.6 Å². The van der Waals surface area contributed by atoms with Gasteiger partial charge in [0.2, 0.25) is 0 Å². The van der Waals surface area contributed by atoms with Crippen molar-refractivity contribution in [1.29, 1.82) is 0 Å². The van der Waals surface area contributed by atoms with Crippen LogP contribution in [0.5, 0.6) is 11.5 Å². The van der Waals surface area contributed by atoms with Gasteiger partial charge in [-0.3, -0.25) is 19.2 Å². The Morgan fingerprint density at radius 3 is 2.65 bits per heavy atom. The van der Waals surface area contributed by atoms with Crippen molar-refractivity contribution in [1.82, 2.24) is 9.78 Å². The lowest BCUT2D eigenvalue weighted by molar-refractivity contribution is 0.0953. The van der Waals surface area contributed by atoms with Crippen LogP contribution in [0.15, 0.2) is 24.4 Å². The van der Waals surface area contributed by atoms with Crippen LogP contribution in [0.3, 0.4) is 0 Å². The normalized spacial score (nSPS) is 13.7. The molecule has 1 aromatic heterocycles. The number of fused-ring (bicyclic) bond motifs is 1. The average Bonchev–Trinajstić information content (AvgIpc) is 2.97. The molecule has 1 aromatic carbocycles. The van der Waals surface area contributed by atoms with Crippen molar-refractivity contribution in [2.75, 3.05) is 25.7 Å². The number of aromatic nitrogens is 2. The number of carbonyl (C=O) groups is 2. The third-order valence-electron chi connectivity index (χ3n) is 3.90. The van der Waals surface area contributed by atoms with Crippen LogP contribution >= 0.6 is 0 Å². The maximum absolute atomic E-state index is 12.9. The summed E-state index contributed by atoms with van der Waals surface area (Å²) in [5, 5.41) is 4.09. The van der Waals surface area contributed by atoms with Crippen LogP contribution in [0, 0.1) is 0 Å². The number of hydrogen-bond donors (Lipinski definition) is 0. The first-order chi connectivity index (χ1) is 11.1. The summed E-state index contributed by atoms with van der Waals surface area (Å²) in [6, 6.07) is 5.00. The van der Waals surface area contributed by atoms with E-state index in [1.165, 1.54) is 20.4 Å². The lowest BCUT2D eigenvalue weighted by Crippen LogP contribution is -2.38. The number of ether oxygens (including phenoxy) is 2. The van der Waals surface area contributed by atoms with Crippen LogP contribution < -0.4 is 14.4 Å². The van der Waals surface area contributed by atoms with E-state index in [0.717, 1.165) is 0 Å². The van der Waals surface area contributed by atoms with E-state index in [1.807, 2.05) is 0 Å². The van der Waals surface area contributed by atoms with E-state index in [4.69, 9.17) is 9.47 Å². The monoisotopic (exact) mass is 315 g/mol. The van der Waals surface area contributed by atoms with Crippen molar-refractivity contribution >= 4 is 17.5 Å². The maximum Gasteiger partial charge on any atom is 0.259 e. The van der Waals surface area contributed by atoms with Gasteiger partial charge in [-0.2, -0.15) is 5.10 Å². The molecule has 2 aromatic rings. The summed E-state index contributed by atoms with van der Waals surface area (Å²) < 4.78 is 12.0. The van der Waals surface area contributed by atoms with Crippen LogP contribution in [0.25, 0.3) is 0 Å². The number of nitrogens with zero attached hydrogens (tertiary/aromatic N) is 3. The van der Waals surface area contributed by atoms with Gasteiger partial charge in [-0.1, -0.05) is 0 Å². The molecule has 2 heterocycles. The Labute approximate surface area is 133 Å². The first kappa shape index (κ1) is 15.1. The molecule has 1 aliphatic rings. The standard InChI is InChI=1S/C16H17N3O4/c1-18-15-11(9-17-18)12(20)6-7-19(15)16(21)10-4-5-13(22-2)14(8-10)23-3/h4-5,8-9H,6-7H2,1-3H3. The highest BCUT2D eigenvalue weighted by Crippen LogP contribution is 2.31. The van der Waals surface area contributed by atoms with Crippen LogP contribution in [-0.4, -0.2) is 42.2 Å². The minimum absolute atomic E-state index is 0.00413. The third kappa shape index (κ3) is 2.44. The lowest BCUT2D eigenvalue weighted by Gasteiger charge is -2.27. The Balaban J connectivity index is 2.00. The van der Waals surface area contributed by atoms with Gasteiger partial charge < -0.3 is 9.47 Å². The Bertz CT molecular complexity index is 782. The van der Waals surface area contributed by atoms with E-state index >= 15 is 0 Å². The summed E-state index contributed by atoms with van der Waals surface area (Å²) >= 11 is 0. The minimum atomic E-state index is -0.205. The first-order valence-corrected chi connectivity index (χ1v) is 7.16. The molecule has 23 heavy (non-hydrogen) atoms. The molecule has 7 nitrogen and oxygen atoms in total. The fourth-order valence-corrected chi connectivity index (χ4v) is 2.72. The zero-order valence-electron chi connectivity index (χ0n) is 13.2. The Kier molecular flexibility index (Phi) is 3.77. The second-order valence-corrected chi connectivity index (χ2v) is 5.21. The van der Waals surface area contributed by atoms with Gasteiger partial charge in [0.15, 0.2) is 17.3 Å². The molecule has 3 rings (SSSR count). The summed E-state index contributed by atoms with van der Waals surface area (Å²) in [4.78, 5) is 26.4. The van der Waals surface area contributed by atoms with Crippen LogP contribution in [0.1, 0.15) is 27.1 Å². The summed E-state index contributed by atoms with van der Waals surface area (Å²) in [6.45, 7) is 0.332. The van der Waals surface area contributed by atoms with E-state index in [9.17, 15) is 9.59 Å². The molecule has 0 atom stereocenters. The molecule has 0 radical (unpaired) electrons. The van der Waals surface area contributed by atoms with Gasteiger partial charge in [-0.15, -0.1) is 0 Å². The number of Topliss-reactive ketones (excluding diaryl/α,β-unsaturated/α-hetero) is 1. The predicted octanol–water partition coefficient (Wildman–Crippen LogP) is 1.67. The Morgan fingerprint density at radius 1 is 1.22 bits per heavy atom. The summed E-state index contributed by atoms with van der Waals surface area (Å²) in [5.74, 6) is 1.37. The molecule has 7 heteroatoms. The number of anilines is 1. The number of rotatable bonds is 3. The maximum atomic E-state index is 12.9. The molecule has 0 fully saturated rings. The fraction of sp³-hybridized carbons (Fsp3) is 0.312. The summed E-state index contributed by atoms with van der Waals surface area (Å²) in [5.41, 5.74) is 0.941. The quantitative estimate of drug-likeness (QED) is 0.861. The minimum Gasteiger partial charge on any atom is -0.493 e. The summed E-state index contributed by atoms with van der Waals surface area (Å²) in [7, 11) is 4.77. The fourth-order valence-electron chi connectivity index (χ4n) is 2.72. The molecule has 1 amide bonds. The molecule has 0 aliphatic carbocycles. The topological polar surface area (TPSA) is 73.7 Å². The van der Waals surface area contributed by atoms with E-state index < -0.39 is 0 Å². The molecule has 0 unspecified atom stereocenters. The van der Waals surface area contributed by atoms with Crippen LogP contribution in [0.2, 0.25) is 0 Å².